The van der Waals surface area contributed by atoms with Crippen molar-refractivity contribution < 1.29 is 14.3 Å². The summed E-state index contributed by atoms with van der Waals surface area (Å²) in [6.07, 6.45) is 0.385. The Hall–Kier alpha value is -2.53. The standard InChI is InChI=1S/C20H24N2O3/c1-24-16-9-7-15(8-10-16)13-20(23)22-12-11-21-14-18(22)17-5-3-4-6-19(17)25-2/h3-10,18,21H,11-14H2,1-2H3. The van der Waals surface area contributed by atoms with Crippen LogP contribution in [0.1, 0.15) is 17.2 Å². The molecule has 2 aromatic carbocycles. The Labute approximate surface area is 148 Å². The van der Waals surface area contributed by atoms with Crippen LogP contribution >= 0.6 is 0 Å². The van der Waals surface area contributed by atoms with E-state index in [1.165, 1.54) is 0 Å². The molecule has 1 fully saturated rings. The fraction of sp³-hybridized carbons (Fsp3) is 0.350. The van der Waals surface area contributed by atoms with E-state index < -0.39 is 0 Å². The zero-order valence-electron chi connectivity index (χ0n) is 14.7. The Kier molecular flexibility index (Phi) is 5.56. The molecular formula is C20H24N2O3. The summed E-state index contributed by atoms with van der Waals surface area (Å²) in [6.45, 7) is 2.23. The molecule has 0 spiro atoms. The lowest BCUT2D eigenvalue weighted by Gasteiger charge is -2.37. The molecule has 0 bridgehead atoms. The molecule has 1 unspecified atom stereocenters. The molecule has 0 aromatic heterocycles. The molecule has 1 N–H and O–H groups in total. The lowest BCUT2D eigenvalue weighted by atomic mass is 10.0. The van der Waals surface area contributed by atoms with Gasteiger partial charge in [-0.1, -0.05) is 30.3 Å². The minimum Gasteiger partial charge on any atom is -0.497 e. The second kappa shape index (κ2) is 8.03. The predicted molar refractivity (Wildman–Crippen MR) is 97.0 cm³/mol. The van der Waals surface area contributed by atoms with Crippen LogP contribution in [0.25, 0.3) is 0 Å². The largest absolute Gasteiger partial charge is 0.497 e. The summed E-state index contributed by atoms with van der Waals surface area (Å²) in [5, 5.41) is 3.38. The maximum atomic E-state index is 12.9. The van der Waals surface area contributed by atoms with E-state index in [0.717, 1.165) is 35.7 Å². The summed E-state index contributed by atoms with van der Waals surface area (Å²) in [7, 11) is 3.30. The van der Waals surface area contributed by atoms with E-state index in [1.54, 1.807) is 14.2 Å². The number of hydrogen-bond donors (Lipinski definition) is 1. The Morgan fingerprint density at radius 2 is 1.88 bits per heavy atom. The van der Waals surface area contributed by atoms with E-state index in [4.69, 9.17) is 9.47 Å². The summed E-state index contributed by atoms with van der Waals surface area (Å²) in [5.74, 6) is 1.74. The molecule has 1 amide bonds. The van der Waals surface area contributed by atoms with Crippen LogP contribution < -0.4 is 14.8 Å². The number of hydrogen-bond acceptors (Lipinski definition) is 4. The number of benzene rings is 2. The molecule has 3 rings (SSSR count). The summed E-state index contributed by atoms with van der Waals surface area (Å²) in [4.78, 5) is 14.9. The summed E-state index contributed by atoms with van der Waals surface area (Å²) in [5.41, 5.74) is 2.03. The van der Waals surface area contributed by atoms with Crippen LogP contribution in [0.3, 0.4) is 0 Å². The van der Waals surface area contributed by atoms with Gasteiger partial charge in [0.2, 0.25) is 5.91 Å². The van der Waals surface area contributed by atoms with Gasteiger partial charge in [0.25, 0.3) is 0 Å². The highest BCUT2D eigenvalue weighted by molar-refractivity contribution is 5.79. The lowest BCUT2D eigenvalue weighted by Crippen LogP contribution is -2.49. The zero-order chi connectivity index (χ0) is 17.6. The van der Waals surface area contributed by atoms with Crippen molar-refractivity contribution in [1.82, 2.24) is 10.2 Å². The van der Waals surface area contributed by atoms with Gasteiger partial charge in [0, 0.05) is 25.2 Å². The van der Waals surface area contributed by atoms with Crippen LogP contribution in [0, 0.1) is 0 Å². The summed E-state index contributed by atoms with van der Waals surface area (Å²) >= 11 is 0. The van der Waals surface area contributed by atoms with Crippen LogP contribution in [0.15, 0.2) is 48.5 Å². The topological polar surface area (TPSA) is 50.8 Å². The van der Waals surface area contributed by atoms with Crippen molar-refractivity contribution in [1.29, 1.82) is 0 Å². The molecule has 1 saturated heterocycles. The fourth-order valence-corrected chi connectivity index (χ4v) is 3.24. The van der Waals surface area contributed by atoms with Gasteiger partial charge in [-0.3, -0.25) is 4.79 Å². The average Bonchev–Trinajstić information content (AvgIpc) is 2.68. The van der Waals surface area contributed by atoms with E-state index in [1.807, 2.05) is 53.4 Å². The molecular weight excluding hydrogens is 316 g/mol. The molecule has 1 atom stereocenters. The van der Waals surface area contributed by atoms with Crippen LogP contribution in [0.4, 0.5) is 0 Å². The highest BCUT2D eigenvalue weighted by Gasteiger charge is 2.29. The third kappa shape index (κ3) is 3.94. The predicted octanol–water partition coefficient (Wildman–Crippen LogP) is 2.42. The highest BCUT2D eigenvalue weighted by Crippen LogP contribution is 2.30. The number of nitrogens with zero attached hydrogens (tertiary/aromatic N) is 1. The average molecular weight is 340 g/mol. The van der Waals surface area contributed by atoms with Crippen molar-refractivity contribution in [2.24, 2.45) is 0 Å². The Bertz CT molecular complexity index is 715. The van der Waals surface area contributed by atoms with Crippen molar-refractivity contribution in [3.63, 3.8) is 0 Å². The molecule has 132 valence electrons. The number of rotatable bonds is 5. The van der Waals surface area contributed by atoms with Crippen LogP contribution in [-0.2, 0) is 11.2 Å². The molecule has 1 aliphatic rings. The normalized spacial score (nSPS) is 17.2. The highest BCUT2D eigenvalue weighted by atomic mass is 16.5. The maximum absolute atomic E-state index is 12.9. The van der Waals surface area contributed by atoms with E-state index in [9.17, 15) is 4.79 Å². The number of methoxy groups -OCH3 is 2. The first kappa shape index (κ1) is 17.3. The number of carbonyl (C=O) groups excluding carboxylic acids is 1. The number of piperazine rings is 1. The molecule has 5 nitrogen and oxygen atoms in total. The van der Waals surface area contributed by atoms with Crippen molar-refractivity contribution in [3.8, 4) is 11.5 Å². The molecule has 1 aliphatic heterocycles. The quantitative estimate of drug-likeness (QED) is 0.908. The van der Waals surface area contributed by atoms with Gasteiger partial charge in [-0.05, 0) is 23.8 Å². The van der Waals surface area contributed by atoms with Gasteiger partial charge < -0.3 is 19.7 Å². The Morgan fingerprint density at radius 3 is 2.60 bits per heavy atom. The number of amides is 1. The summed E-state index contributed by atoms with van der Waals surface area (Å²) in [6, 6.07) is 15.5. The third-order valence-corrected chi connectivity index (χ3v) is 4.58. The van der Waals surface area contributed by atoms with Gasteiger partial charge in [-0.25, -0.2) is 0 Å². The number of ether oxygens (including phenoxy) is 2. The van der Waals surface area contributed by atoms with E-state index in [-0.39, 0.29) is 11.9 Å². The second-order valence-electron chi connectivity index (χ2n) is 6.07. The molecule has 1 heterocycles. The minimum atomic E-state index is -0.0179. The maximum Gasteiger partial charge on any atom is 0.227 e. The first-order valence-electron chi connectivity index (χ1n) is 8.49. The van der Waals surface area contributed by atoms with E-state index >= 15 is 0 Å². The van der Waals surface area contributed by atoms with Crippen molar-refractivity contribution in [2.45, 2.75) is 12.5 Å². The van der Waals surface area contributed by atoms with Gasteiger partial charge >= 0.3 is 0 Å². The molecule has 0 aliphatic carbocycles. The van der Waals surface area contributed by atoms with Crippen LogP contribution in [0.5, 0.6) is 11.5 Å². The van der Waals surface area contributed by atoms with Gasteiger partial charge in [-0.2, -0.15) is 0 Å². The van der Waals surface area contributed by atoms with Crippen molar-refractivity contribution in [3.05, 3.63) is 59.7 Å². The van der Waals surface area contributed by atoms with E-state index in [0.29, 0.717) is 13.0 Å². The monoisotopic (exact) mass is 340 g/mol. The summed E-state index contributed by atoms with van der Waals surface area (Å²) < 4.78 is 10.7. The van der Waals surface area contributed by atoms with Crippen molar-refractivity contribution >= 4 is 5.91 Å². The first-order valence-corrected chi connectivity index (χ1v) is 8.49. The fourth-order valence-electron chi connectivity index (χ4n) is 3.24. The van der Waals surface area contributed by atoms with Gasteiger partial charge in [0.15, 0.2) is 0 Å². The van der Waals surface area contributed by atoms with Crippen LogP contribution in [0.2, 0.25) is 0 Å². The molecule has 0 radical (unpaired) electrons. The minimum absolute atomic E-state index is 0.0179. The van der Waals surface area contributed by atoms with Gasteiger partial charge in [-0.15, -0.1) is 0 Å². The molecule has 2 aromatic rings. The van der Waals surface area contributed by atoms with Crippen LogP contribution in [-0.4, -0.2) is 44.7 Å². The van der Waals surface area contributed by atoms with Gasteiger partial charge in [0.05, 0.1) is 26.7 Å². The zero-order valence-corrected chi connectivity index (χ0v) is 14.7. The first-order chi connectivity index (χ1) is 12.2. The number of para-hydroxylation sites is 1. The van der Waals surface area contributed by atoms with Crippen molar-refractivity contribution in [2.75, 3.05) is 33.9 Å². The molecule has 5 heteroatoms. The lowest BCUT2D eigenvalue weighted by molar-refractivity contribution is -0.133. The Balaban J connectivity index is 1.78. The Morgan fingerprint density at radius 1 is 1.12 bits per heavy atom. The number of nitrogens with one attached hydrogen (secondary N) is 1. The second-order valence-corrected chi connectivity index (χ2v) is 6.07. The smallest absolute Gasteiger partial charge is 0.227 e. The third-order valence-electron chi connectivity index (χ3n) is 4.58. The molecule has 25 heavy (non-hydrogen) atoms. The SMILES string of the molecule is COc1ccc(CC(=O)N2CCNCC2c2ccccc2OC)cc1. The molecule has 0 saturated carbocycles. The number of carbonyl (C=O) groups is 1. The van der Waals surface area contributed by atoms with Gasteiger partial charge in [0.1, 0.15) is 11.5 Å². The van der Waals surface area contributed by atoms with E-state index in [2.05, 4.69) is 5.32 Å².